The van der Waals surface area contributed by atoms with E-state index in [0.717, 1.165) is 0 Å². The number of anilines is 1. The lowest BCUT2D eigenvalue weighted by Gasteiger charge is -2.22. The third-order valence-corrected chi connectivity index (χ3v) is 3.66. The Kier molecular flexibility index (Phi) is 3.97. The molecule has 114 valence electrons. The Bertz CT molecular complexity index is 649. The largest absolute Gasteiger partial charge is 0.495 e. The number of nitrogens with zero attached hydrogens (tertiary/aromatic N) is 2. The highest BCUT2D eigenvalue weighted by atomic mass is 79.9. The summed E-state index contributed by atoms with van der Waals surface area (Å²) in [5.74, 6) is 0.502. The van der Waals surface area contributed by atoms with Gasteiger partial charge in [0.1, 0.15) is 11.6 Å². The zero-order chi connectivity index (χ0) is 17.9. The second kappa shape index (κ2) is 6.93. The molecule has 0 saturated carbocycles. The van der Waals surface area contributed by atoms with Crippen LogP contribution in [0.5, 0.6) is 5.75 Å². The number of amidine groups is 1. The van der Waals surface area contributed by atoms with Crippen LogP contribution < -0.4 is 9.64 Å². The van der Waals surface area contributed by atoms with Crippen molar-refractivity contribution < 1.29 is 18.4 Å². The summed E-state index contributed by atoms with van der Waals surface area (Å²) in [7, 11) is -2.57. The minimum atomic E-state index is -2.57. The van der Waals surface area contributed by atoms with Gasteiger partial charge in [-0.05, 0) is 25.1 Å². The zero-order valence-electron chi connectivity index (χ0n) is 14.9. The fraction of sp³-hybridized carbons (Fsp3) is 0.467. The van der Waals surface area contributed by atoms with E-state index in [4.69, 9.17) is 13.6 Å². The van der Waals surface area contributed by atoms with Gasteiger partial charge in [-0.3, -0.25) is 4.99 Å². The fourth-order valence-corrected chi connectivity index (χ4v) is 2.59. The molecule has 1 aliphatic rings. The van der Waals surface area contributed by atoms with Gasteiger partial charge in [0.15, 0.2) is 6.04 Å². The Labute approximate surface area is 137 Å². The number of halogens is 1. The quantitative estimate of drug-likeness (QED) is 0.760. The summed E-state index contributed by atoms with van der Waals surface area (Å²) in [6, 6.07) is 4.49. The first-order valence-corrected chi connectivity index (χ1v) is 7.54. The van der Waals surface area contributed by atoms with E-state index in [-0.39, 0.29) is 18.3 Å². The van der Waals surface area contributed by atoms with E-state index in [0.29, 0.717) is 29.0 Å². The van der Waals surface area contributed by atoms with Crippen LogP contribution in [0.15, 0.2) is 27.7 Å². The predicted molar refractivity (Wildman–Crippen MR) is 86.2 cm³/mol. The number of methoxy groups -OCH3 is 1. The van der Waals surface area contributed by atoms with Gasteiger partial charge in [-0.1, -0.05) is 22.9 Å². The van der Waals surface area contributed by atoms with Crippen LogP contribution in [0, 0.1) is 0 Å². The van der Waals surface area contributed by atoms with Gasteiger partial charge >= 0.3 is 5.97 Å². The standard InChI is InChI=1S/C15H19BrN2O3/c1-4-14-17-11(15(19)21-5-2)9-18(14)12-7-6-10(16)8-13(12)20-3/h6-8,11H,4-5,9H2,1-3H3/i3D3. The number of rotatable bonds is 5. The van der Waals surface area contributed by atoms with E-state index >= 15 is 0 Å². The molecule has 0 amide bonds. The van der Waals surface area contributed by atoms with Gasteiger partial charge in [0.05, 0.1) is 30.0 Å². The number of aliphatic imine (C=N–C) groups is 1. The summed E-state index contributed by atoms with van der Waals surface area (Å²) in [4.78, 5) is 18.2. The van der Waals surface area contributed by atoms with Crippen LogP contribution in [0.4, 0.5) is 5.69 Å². The van der Waals surface area contributed by atoms with Crippen molar-refractivity contribution in [2.24, 2.45) is 4.99 Å². The molecule has 0 aliphatic carbocycles. The van der Waals surface area contributed by atoms with Crippen molar-refractivity contribution in [3.05, 3.63) is 22.7 Å². The lowest BCUT2D eigenvalue weighted by Crippen LogP contribution is -2.32. The van der Waals surface area contributed by atoms with Crippen molar-refractivity contribution >= 4 is 33.4 Å². The molecule has 1 heterocycles. The van der Waals surface area contributed by atoms with E-state index < -0.39 is 13.1 Å². The van der Waals surface area contributed by atoms with E-state index in [2.05, 4.69) is 20.9 Å². The molecule has 0 aromatic heterocycles. The molecule has 5 nitrogen and oxygen atoms in total. The first-order valence-electron chi connectivity index (χ1n) is 8.24. The van der Waals surface area contributed by atoms with Crippen LogP contribution >= 0.6 is 15.9 Å². The topological polar surface area (TPSA) is 51.1 Å². The molecule has 0 bridgehead atoms. The van der Waals surface area contributed by atoms with Crippen LogP contribution in [0.2, 0.25) is 0 Å². The summed E-state index contributed by atoms with van der Waals surface area (Å²) in [6.45, 7) is 4.24. The summed E-state index contributed by atoms with van der Waals surface area (Å²) in [5, 5.41) is 0. The number of esters is 1. The lowest BCUT2D eigenvalue weighted by atomic mass is 10.2. The number of hydrogen-bond donors (Lipinski definition) is 0. The average Bonchev–Trinajstić information content (AvgIpc) is 2.90. The molecular weight excluding hydrogens is 336 g/mol. The molecule has 0 fully saturated rings. The number of ether oxygens (including phenoxy) is 2. The Hall–Kier alpha value is -1.56. The summed E-state index contributed by atoms with van der Waals surface area (Å²) in [5.41, 5.74) is 0.557. The zero-order valence-corrected chi connectivity index (χ0v) is 13.5. The maximum atomic E-state index is 12.0. The first-order chi connectivity index (χ1) is 11.2. The first kappa shape index (κ1) is 12.0. The van der Waals surface area contributed by atoms with Gasteiger partial charge in [0.25, 0.3) is 0 Å². The highest BCUT2D eigenvalue weighted by Crippen LogP contribution is 2.34. The van der Waals surface area contributed by atoms with Gasteiger partial charge in [-0.25, -0.2) is 4.79 Å². The number of carbonyl (C=O) groups excluding carboxylic acids is 1. The van der Waals surface area contributed by atoms with Crippen LogP contribution in [0.1, 0.15) is 24.4 Å². The van der Waals surface area contributed by atoms with Crippen molar-refractivity contribution in [1.29, 1.82) is 0 Å². The van der Waals surface area contributed by atoms with Crippen LogP contribution in [-0.4, -0.2) is 38.0 Å². The Balaban J connectivity index is 2.34. The van der Waals surface area contributed by atoms with Crippen molar-refractivity contribution in [3.8, 4) is 5.75 Å². The summed E-state index contributed by atoms with van der Waals surface area (Å²) in [6.07, 6.45) is 0.596. The number of hydrogen-bond acceptors (Lipinski definition) is 5. The minimum Gasteiger partial charge on any atom is -0.495 e. The van der Waals surface area contributed by atoms with Gasteiger partial charge in [-0.2, -0.15) is 0 Å². The Morgan fingerprint density at radius 2 is 2.38 bits per heavy atom. The molecule has 0 spiro atoms. The Morgan fingerprint density at radius 3 is 3.05 bits per heavy atom. The molecule has 6 heteroatoms. The monoisotopic (exact) mass is 357 g/mol. The van der Waals surface area contributed by atoms with E-state index in [1.165, 1.54) is 0 Å². The SMILES string of the molecule is [2H]C([2H])([2H])Oc1cc(Br)ccc1N1CC(C(=O)OCC)N=C1CC. The molecular formula is C15H19BrN2O3. The predicted octanol–water partition coefficient (Wildman–Crippen LogP) is 3.02. The third-order valence-electron chi connectivity index (χ3n) is 3.17. The normalized spacial score (nSPS) is 20.3. The van der Waals surface area contributed by atoms with E-state index in [1.54, 1.807) is 30.0 Å². The van der Waals surface area contributed by atoms with E-state index in [1.807, 2.05) is 6.92 Å². The van der Waals surface area contributed by atoms with Crippen molar-refractivity contribution in [3.63, 3.8) is 0 Å². The minimum absolute atomic E-state index is 0.204. The molecule has 1 aromatic rings. The van der Waals surface area contributed by atoms with Crippen molar-refractivity contribution in [2.45, 2.75) is 26.3 Å². The third kappa shape index (κ3) is 3.37. The van der Waals surface area contributed by atoms with Gasteiger partial charge < -0.3 is 14.4 Å². The molecule has 1 unspecified atom stereocenters. The van der Waals surface area contributed by atoms with Gasteiger partial charge in [0.2, 0.25) is 0 Å². The molecule has 1 aromatic carbocycles. The van der Waals surface area contributed by atoms with Crippen molar-refractivity contribution in [1.82, 2.24) is 0 Å². The second-order valence-electron chi connectivity index (χ2n) is 4.49. The molecule has 21 heavy (non-hydrogen) atoms. The highest BCUT2D eigenvalue weighted by molar-refractivity contribution is 9.10. The smallest absolute Gasteiger partial charge is 0.332 e. The molecule has 0 radical (unpaired) electrons. The molecule has 0 saturated heterocycles. The molecule has 1 atom stereocenters. The fourth-order valence-electron chi connectivity index (χ4n) is 2.25. The van der Waals surface area contributed by atoms with Crippen LogP contribution in [0.3, 0.4) is 0 Å². The van der Waals surface area contributed by atoms with Gasteiger partial charge in [0, 0.05) is 10.9 Å². The van der Waals surface area contributed by atoms with E-state index in [9.17, 15) is 4.79 Å². The molecule has 2 rings (SSSR count). The van der Waals surface area contributed by atoms with Crippen molar-refractivity contribution in [2.75, 3.05) is 25.1 Å². The summed E-state index contributed by atoms with van der Waals surface area (Å²) < 4.78 is 32.9. The number of carbonyl (C=O) groups is 1. The molecule has 0 N–H and O–H groups in total. The maximum Gasteiger partial charge on any atom is 0.332 e. The summed E-state index contributed by atoms with van der Waals surface area (Å²) >= 11 is 3.31. The van der Waals surface area contributed by atoms with Gasteiger partial charge in [-0.15, -0.1) is 0 Å². The Morgan fingerprint density at radius 1 is 1.57 bits per heavy atom. The average molecular weight is 358 g/mol. The highest BCUT2D eigenvalue weighted by Gasteiger charge is 2.32. The van der Waals surface area contributed by atoms with Crippen LogP contribution in [-0.2, 0) is 9.53 Å². The lowest BCUT2D eigenvalue weighted by molar-refractivity contribution is -0.144. The number of benzene rings is 1. The second-order valence-corrected chi connectivity index (χ2v) is 5.41. The molecule has 1 aliphatic heterocycles. The van der Waals surface area contributed by atoms with Crippen LogP contribution in [0.25, 0.3) is 0 Å². The maximum absolute atomic E-state index is 12.0.